The average Bonchev–Trinajstić information content (AvgIpc) is 2.76. The van der Waals surface area contributed by atoms with E-state index in [1.807, 2.05) is 0 Å². The monoisotopic (exact) mass is 316 g/mol. The van der Waals surface area contributed by atoms with Crippen LogP contribution in [0.15, 0.2) is 18.3 Å². The number of fused-ring (bicyclic) bond motifs is 1. The van der Waals surface area contributed by atoms with E-state index >= 15 is 0 Å². The fraction of sp³-hybridized carbons (Fsp3) is 0.462. The van der Waals surface area contributed by atoms with E-state index in [9.17, 15) is 18.0 Å². The molecular formula is C13H15F3N4O2. The Morgan fingerprint density at radius 1 is 1.32 bits per heavy atom. The molecule has 22 heavy (non-hydrogen) atoms. The molecule has 1 N–H and O–H groups in total. The summed E-state index contributed by atoms with van der Waals surface area (Å²) in [5.74, 6) is 0.173. The molecule has 0 aliphatic heterocycles. The van der Waals surface area contributed by atoms with Crippen molar-refractivity contribution < 1.29 is 22.7 Å². The molecule has 2 aromatic heterocycles. The zero-order chi connectivity index (χ0) is 16.5. The summed E-state index contributed by atoms with van der Waals surface area (Å²) in [6.07, 6.45) is -3.81. The minimum absolute atomic E-state index is 0.0998. The lowest BCUT2D eigenvalue weighted by molar-refractivity contribution is -0.136. The van der Waals surface area contributed by atoms with Gasteiger partial charge in [-0.05, 0) is 32.9 Å². The highest BCUT2D eigenvalue weighted by atomic mass is 19.4. The zero-order valence-electron chi connectivity index (χ0n) is 12.2. The van der Waals surface area contributed by atoms with Gasteiger partial charge in [-0.25, -0.2) is 4.79 Å². The topological polar surface area (TPSA) is 68.5 Å². The first-order valence-corrected chi connectivity index (χ1v) is 6.44. The standard InChI is InChI=1S/C13H15F3N4O2/c1-12(2,3)22-11(21)17-7-9-18-19-10-8(13(14,15)16)5-4-6-20(9)10/h4-6H,7H2,1-3H3,(H,17,21). The SMILES string of the molecule is CC(C)(C)OC(=O)NCc1nnc2c(C(F)(F)F)cccn12. The van der Waals surface area contributed by atoms with E-state index in [2.05, 4.69) is 15.5 Å². The molecule has 0 atom stereocenters. The molecule has 0 saturated carbocycles. The van der Waals surface area contributed by atoms with Gasteiger partial charge in [-0.15, -0.1) is 10.2 Å². The Labute approximate surface area is 124 Å². The van der Waals surface area contributed by atoms with Crippen molar-refractivity contribution in [1.82, 2.24) is 19.9 Å². The molecule has 0 radical (unpaired) electrons. The summed E-state index contributed by atoms with van der Waals surface area (Å²) in [6, 6.07) is 2.17. The lowest BCUT2D eigenvalue weighted by Crippen LogP contribution is -2.32. The highest BCUT2D eigenvalue weighted by Crippen LogP contribution is 2.31. The number of rotatable bonds is 2. The van der Waals surface area contributed by atoms with Crippen LogP contribution in [0.1, 0.15) is 32.2 Å². The lowest BCUT2D eigenvalue weighted by Gasteiger charge is -2.19. The minimum atomic E-state index is -4.52. The Balaban J connectivity index is 2.19. The van der Waals surface area contributed by atoms with E-state index in [1.165, 1.54) is 16.7 Å². The second kappa shape index (κ2) is 5.47. The van der Waals surface area contributed by atoms with Gasteiger partial charge in [0.25, 0.3) is 0 Å². The first kappa shape index (κ1) is 16.1. The van der Waals surface area contributed by atoms with Gasteiger partial charge in [0.05, 0.1) is 6.54 Å². The van der Waals surface area contributed by atoms with Crippen LogP contribution < -0.4 is 5.32 Å². The van der Waals surface area contributed by atoms with E-state index in [1.54, 1.807) is 20.8 Å². The number of amides is 1. The molecule has 0 bridgehead atoms. The summed E-state index contributed by atoms with van der Waals surface area (Å²) >= 11 is 0. The second-order valence-electron chi connectivity index (χ2n) is 5.58. The number of halogens is 3. The van der Waals surface area contributed by atoms with Gasteiger partial charge in [-0.3, -0.25) is 4.40 Å². The third-order valence-electron chi connectivity index (χ3n) is 2.60. The molecule has 2 rings (SSSR count). The molecule has 2 aromatic rings. The molecule has 1 amide bonds. The summed E-state index contributed by atoms with van der Waals surface area (Å²) in [5.41, 5.74) is -1.86. The minimum Gasteiger partial charge on any atom is -0.444 e. The van der Waals surface area contributed by atoms with Crippen molar-refractivity contribution in [3.63, 3.8) is 0 Å². The molecule has 0 aromatic carbocycles. The number of nitrogens with one attached hydrogen (secondary N) is 1. The number of alkyl halides is 3. The summed E-state index contributed by atoms with van der Waals surface area (Å²) in [7, 11) is 0. The van der Waals surface area contributed by atoms with Gasteiger partial charge in [0.15, 0.2) is 11.5 Å². The fourth-order valence-electron chi connectivity index (χ4n) is 1.77. The Morgan fingerprint density at radius 3 is 2.59 bits per heavy atom. The van der Waals surface area contributed by atoms with Gasteiger partial charge in [0, 0.05) is 6.20 Å². The number of ether oxygens (including phenoxy) is 1. The van der Waals surface area contributed by atoms with Crippen molar-refractivity contribution in [2.24, 2.45) is 0 Å². The maximum atomic E-state index is 12.9. The van der Waals surface area contributed by atoms with E-state index in [0.717, 1.165) is 6.07 Å². The van der Waals surface area contributed by atoms with Crippen molar-refractivity contribution >= 4 is 11.7 Å². The van der Waals surface area contributed by atoms with Crippen LogP contribution in [-0.4, -0.2) is 26.3 Å². The quantitative estimate of drug-likeness (QED) is 0.925. The molecule has 9 heteroatoms. The van der Waals surface area contributed by atoms with Crippen LogP contribution in [0, 0.1) is 0 Å². The van der Waals surface area contributed by atoms with Gasteiger partial charge in [0.1, 0.15) is 11.2 Å². The molecule has 120 valence electrons. The van der Waals surface area contributed by atoms with Crippen LogP contribution in [0.5, 0.6) is 0 Å². The molecule has 0 aliphatic rings. The van der Waals surface area contributed by atoms with Gasteiger partial charge in [-0.2, -0.15) is 13.2 Å². The largest absolute Gasteiger partial charge is 0.444 e. The maximum absolute atomic E-state index is 12.9. The van der Waals surface area contributed by atoms with E-state index in [4.69, 9.17) is 4.74 Å². The zero-order valence-corrected chi connectivity index (χ0v) is 12.2. The van der Waals surface area contributed by atoms with Crippen LogP contribution in [0.25, 0.3) is 5.65 Å². The lowest BCUT2D eigenvalue weighted by atomic mass is 10.2. The van der Waals surface area contributed by atoms with Crippen molar-refractivity contribution in [2.75, 3.05) is 0 Å². The number of carbonyl (C=O) groups is 1. The molecule has 0 unspecified atom stereocenters. The van der Waals surface area contributed by atoms with E-state index < -0.39 is 23.4 Å². The summed E-state index contributed by atoms with van der Waals surface area (Å²) in [5, 5.41) is 9.65. The third kappa shape index (κ3) is 3.66. The van der Waals surface area contributed by atoms with Crippen molar-refractivity contribution in [2.45, 2.75) is 39.1 Å². The Kier molecular flexibility index (Phi) is 3.99. The van der Waals surface area contributed by atoms with Crippen molar-refractivity contribution in [1.29, 1.82) is 0 Å². The number of hydrogen-bond acceptors (Lipinski definition) is 4. The first-order chi connectivity index (χ1) is 10.1. The number of nitrogens with zero attached hydrogens (tertiary/aromatic N) is 3. The van der Waals surface area contributed by atoms with Gasteiger partial charge >= 0.3 is 12.3 Å². The molecule has 2 heterocycles. The van der Waals surface area contributed by atoms with Crippen LogP contribution in [-0.2, 0) is 17.5 Å². The van der Waals surface area contributed by atoms with Crippen LogP contribution >= 0.6 is 0 Å². The summed E-state index contributed by atoms with van der Waals surface area (Å²) < 4.78 is 44.8. The van der Waals surface area contributed by atoms with E-state index in [-0.39, 0.29) is 18.0 Å². The molecule has 0 saturated heterocycles. The number of alkyl carbamates (subject to hydrolysis) is 1. The maximum Gasteiger partial charge on any atom is 0.420 e. The number of aromatic nitrogens is 3. The van der Waals surface area contributed by atoms with Gasteiger partial charge < -0.3 is 10.1 Å². The Morgan fingerprint density at radius 2 is 2.00 bits per heavy atom. The predicted molar refractivity (Wildman–Crippen MR) is 71.1 cm³/mol. The number of pyridine rings is 1. The first-order valence-electron chi connectivity index (χ1n) is 6.44. The number of carbonyl (C=O) groups excluding carboxylic acids is 1. The van der Waals surface area contributed by atoms with E-state index in [0.29, 0.717) is 0 Å². The molecular weight excluding hydrogens is 301 g/mol. The summed E-state index contributed by atoms with van der Waals surface area (Å²) in [4.78, 5) is 11.5. The molecule has 0 aliphatic carbocycles. The summed E-state index contributed by atoms with van der Waals surface area (Å²) in [6.45, 7) is 5.01. The Hall–Kier alpha value is -2.32. The van der Waals surface area contributed by atoms with Crippen molar-refractivity contribution in [3.05, 3.63) is 29.7 Å². The fourth-order valence-corrected chi connectivity index (χ4v) is 1.77. The van der Waals surface area contributed by atoms with Crippen LogP contribution in [0.2, 0.25) is 0 Å². The second-order valence-corrected chi connectivity index (χ2v) is 5.58. The van der Waals surface area contributed by atoms with Gasteiger partial charge in [-0.1, -0.05) is 0 Å². The van der Waals surface area contributed by atoms with Crippen LogP contribution in [0.4, 0.5) is 18.0 Å². The molecule has 0 fully saturated rings. The normalized spacial score (nSPS) is 12.5. The highest BCUT2D eigenvalue weighted by Gasteiger charge is 2.34. The molecule has 6 nitrogen and oxygen atoms in total. The smallest absolute Gasteiger partial charge is 0.420 e. The van der Waals surface area contributed by atoms with Crippen molar-refractivity contribution in [3.8, 4) is 0 Å². The Bertz CT molecular complexity index is 689. The van der Waals surface area contributed by atoms with Gasteiger partial charge in [0.2, 0.25) is 0 Å². The number of hydrogen-bond donors (Lipinski definition) is 1. The van der Waals surface area contributed by atoms with Crippen LogP contribution in [0.3, 0.4) is 0 Å². The molecule has 0 spiro atoms. The third-order valence-corrected chi connectivity index (χ3v) is 2.60. The predicted octanol–water partition coefficient (Wildman–Crippen LogP) is 2.77. The highest BCUT2D eigenvalue weighted by molar-refractivity contribution is 5.67. The average molecular weight is 316 g/mol.